The van der Waals surface area contributed by atoms with E-state index in [2.05, 4.69) is 10.1 Å². The Morgan fingerprint density at radius 2 is 2.28 bits per heavy atom. The number of H-pyrrole nitrogens is 1. The van der Waals surface area contributed by atoms with Crippen LogP contribution in [0.25, 0.3) is 0 Å². The quantitative estimate of drug-likeness (QED) is 0.302. The first-order chi connectivity index (χ1) is 8.45. The summed E-state index contributed by atoms with van der Waals surface area (Å²) in [6.45, 7) is 1.78. The van der Waals surface area contributed by atoms with Crippen molar-refractivity contribution in [1.29, 1.82) is 0 Å². The van der Waals surface area contributed by atoms with Crippen LogP contribution in [-0.2, 0) is 0 Å². The molecule has 1 aromatic heterocycles. The third-order valence-corrected chi connectivity index (χ3v) is 2.65. The molecule has 1 unspecified atom stereocenters. The van der Waals surface area contributed by atoms with Crippen molar-refractivity contribution >= 4 is 11.7 Å². The molecule has 1 rings (SSSR count). The standard InChI is InChI=1S/C11H16N4O3/c1-7(5-9(12)14-18)15(2)11(17)8-3-4-10(16)13-6-8/h3-4,6-7,18H,5H2,1-2H3,(H2,12,14)(H,13,16). The van der Waals surface area contributed by atoms with Crippen LogP contribution in [0, 0.1) is 0 Å². The van der Waals surface area contributed by atoms with Crippen LogP contribution in [0.5, 0.6) is 0 Å². The lowest BCUT2D eigenvalue weighted by molar-refractivity contribution is 0.0746. The van der Waals surface area contributed by atoms with Crippen LogP contribution in [-0.4, -0.2) is 39.9 Å². The first kappa shape index (κ1) is 13.8. The van der Waals surface area contributed by atoms with E-state index >= 15 is 0 Å². The first-order valence-corrected chi connectivity index (χ1v) is 5.38. The molecular formula is C11H16N4O3. The lowest BCUT2D eigenvalue weighted by Crippen LogP contribution is -2.38. The predicted molar refractivity (Wildman–Crippen MR) is 66.6 cm³/mol. The van der Waals surface area contributed by atoms with Crippen LogP contribution < -0.4 is 11.3 Å². The molecular weight excluding hydrogens is 236 g/mol. The SMILES string of the molecule is CC(C/C(N)=N/O)N(C)C(=O)c1ccc(=O)[nH]c1. The Morgan fingerprint density at radius 3 is 2.78 bits per heavy atom. The average molecular weight is 252 g/mol. The van der Waals surface area contributed by atoms with E-state index in [-0.39, 0.29) is 29.8 Å². The van der Waals surface area contributed by atoms with Gasteiger partial charge in [0.05, 0.1) is 5.56 Å². The number of nitrogens with zero attached hydrogens (tertiary/aromatic N) is 2. The molecule has 0 aromatic carbocycles. The number of hydrogen-bond donors (Lipinski definition) is 3. The highest BCUT2D eigenvalue weighted by atomic mass is 16.4. The van der Waals surface area contributed by atoms with Crippen LogP contribution in [0.1, 0.15) is 23.7 Å². The molecule has 0 saturated carbocycles. The average Bonchev–Trinajstić information content (AvgIpc) is 2.37. The second kappa shape index (κ2) is 5.85. The molecule has 7 nitrogen and oxygen atoms in total. The minimum atomic E-state index is -0.265. The predicted octanol–water partition coefficient (Wildman–Crippen LogP) is -0.0281. The fourth-order valence-corrected chi connectivity index (χ4v) is 1.43. The smallest absolute Gasteiger partial charge is 0.255 e. The van der Waals surface area contributed by atoms with Crippen molar-refractivity contribution in [2.45, 2.75) is 19.4 Å². The van der Waals surface area contributed by atoms with Gasteiger partial charge in [-0.05, 0) is 13.0 Å². The topological polar surface area (TPSA) is 112 Å². The number of amides is 1. The minimum absolute atomic E-state index is 0.0589. The Hall–Kier alpha value is -2.31. The zero-order valence-corrected chi connectivity index (χ0v) is 10.3. The summed E-state index contributed by atoms with van der Waals surface area (Å²) in [5.41, 5.74) is 5.50. The van der Waals surface area contributed by atoms with E-state index in [4.69, 9.17) is 10.9 Å². The number of aromatic nitrogens is 1. The second-order valence-electron chi connectivity index (χ2n) is 4.00. The molecule has 0 fully saturated rings. The maximum Gasteiger partial charge on any atom is 0.255 e. The van der Waals surface area contributed by atoms with Crippen LogP contribution in [0.2, 0.25) is 0 Å². The highest BCUT2D eigenvalue weighted by Crippen LogP contribution is 2.07. The zero-order valence-electron chi connectivity index (χ0n) is 10.3. The molecule has 1 amide bonds. The number of carbonyl (C=O) groups excluding carboxylic acids is 1. The molecule has 0 aliphatic heterocycles. The summed E-state index contributed by atoms with van der Waals surface area (Å²) in [5.74, 6) is -0.187. The number of amidine groups is 1. The lowest BCUT2D eigenvalue weighted by Gasteiger charge is -2.24. The van der Waals surface area contributed by atoms with Crippen molar-refractivity contribution in [3.05, 3.63) is 34.2 Å². The zero-order chi connectivity index (χ0) is 13.7. The van der Waals surface area contributed by atoms with Crippen molar-refractivity contribution in [2.24, 2.45) is 10.9 Å². The summed E-state index contributed by atoms with van der Waals surface area (Å²) >= 11 is 0. The number of hydrogen-bond acceptors (Lipinski definition) is 4. The van der Waals surface area contributed by atoms with Crippen molar-refractivity contribution in [3.8, 4) is 0 Å². The molecule has 0 aliphatic rings. The molecule has 0 radical (unpaired) electrons. The van der Waals surface area contributed by atoms with Crippen LogP contribution in [0.15, 0.2) is 28.3 Å². The van der Waals surface area contributed by atoms with Gasteiger partial charge in [-0.25, -0.2) is 0 Å². The number of nitrogens with two attached hydrogens (primary N) is 1. The van der Waals surface area contributed by atoms with Gasteiger partial charge in [0.2, 0.25) is 5.56 Å². The summed E-state index contributed by atoms with van der Waals surface area (Å²) in [6, 6.07) is 2.52. The van der Waals surface area contributed by atoms with Gasteiger partial charge >= 0.3 is 0 Å². The van der Waals surface area contributed by atoms with Crippen molar-refractivity contribution in [3.63, 3.8) is 0 Å². The van der Waals surface area contributed by atoms with Gasteiger partial charge in [-0.15, -0.1) is 0 Å². The van der Waals surface area contributed by atoms with Gasteiger partial charge in [-0.1, -0.05) is 5.16 Å². The largest absolute Gasteiger partial charge is 0.409 e. The number of carbonyl (C=O) groups is 1. The van der Waals surface area contributed by atoms with Gasteiger partial charge in [0.25, 0.3) is 5.91 Å². The van der Waals surface area contributed by atoms with Gasteiger partial charge in [0.15, 0.2) is 0 Å². The Bertz CT molecular complexity index is 489. The van der Waals surface area contributed by atoms with Crippen LogP contribution in [0.4, 0.5) is 0 Å². The molecule has 1 atom stereocenters. The van der Waals surface area contributed by atoms with Gasteiger partial charge in [0, 0.05) is 31.8 Å². The number of aromatic amines is 1. The highest BCUT2D eigenvalue weighted by Gasteiger charge is 2.18. The van der Waals surface area contributed by atoms with Gasteiger partial charge in [0.1, 0.15) is 5.84 Å². The number of pyridine rings is 1. The fourth-order valence-electron chi connectivity index (χ4n) is 1.43. The third kappa shape index (κ3) is 3.34. The van der Waals surface area contributed by atoms with E-state index in [9.17, 15) is 9.59 Å². The maximum atomic E-state index is 12.0. The first-order valence-electron chi connectivity index (χ1n) is 5.38. The monoisotopic (exact) mass is 252 g/mol. The number of rotatable bonds is 4. The Kier molecular flexibility index (Phi) is 4.47. The highest BCUT2D eigenvalue weighted by molar-refractivity contribution is 5.94. The van der Waals surface area contributed by atoms with Crippen LogP contribution in [0.3, 0.4) is 0 Å². The normalized spacial score (nSPS) is 13.1. The molecule has 98 valence electrons. The van der Waals surface area contributed by atoms with Gasteiger partial charge < -0.3 is 20.8 Å². The fraction of sp³-hybridized carbons (Fsp3) is 0.364. The Balaban J connectivity index is 2.77. The van der Waals surface area contributed by atoms with E-state index in [0.29, 0.717) is 5.56 Å². The molecule has 4 N–H and O–H groups in total. The summed E-state index contributed by atoms with van der Waals surface area (Å²) in [4.78, 5) is 26.8. The molecule has 18 heavy (non-hydrogen) atoms. The molecule has 7 heteroatoms. The Labute approximate surface area is 104 Å². The maximum absolute atomic E-state index is 12.0. The second-order valence-corrected chi connectivity index (χ2v) is 4.00. The molecule has 1 aromatic rings. The molecule has 0 aliphatic carbocycles. The number of oxime groups is 1. The molecule has 0 saturated heterocycles. The summed E-state index contributed by atoms with van der Waals surface area (Å²) in [5, 5.41) is 11.3. The van der Waals surface area contributed by atoms with Crippen LogP contribution >= 0.6 is 0 Å². The number of nitrogens with one attached hydrogen (secondary N) is 1. The molecule has 0 spiro atoms. The lowest BCUT2D eigenvalue weighted by atomic mass is 10.1. The summed E-state index contributed by atoms with van der Waals surface area (Å²) in [6.07, 6.45) is 1.62. The molecule has 0 bridgehead atoms. The minimum Gasteiger partial charge on any atom is -0.409 e. The van der Waals surface area contributed by atoms with Crippen molar-refractivity contribution in [1.82, 2.24) is 9.88 Å². The van der Waals surface area contributed by atoms with E-state index in [0.717, 1.165) is 0 Å². The van der Waals surface area contributed by atoms with Gasteiger partial charge in [-0.3, -0.25) is 9.59 Å². The van der Waals surface area contributed by atoms with E-state index in [1.807, 2.05) is 0 Å². The summed E-state index contributed by atoms with van der Waals surface area (Å²) < 4.78 is 0. The Morgan fingerprint density at radius 1 is 1.61 bits per heavy atom. The van der Waals surface area contributed by atoms with Gasteiger partial charge in [-0.2, -0.15) is 0 Å². The third-order valence-electron chi connectivity index (χ3n) is 2.65. The van der Waals surface area contributed by atoms with E-state index in [1.165, 1.54) is 23.2 Å². The summed E-state index contributed by atoms with van der Waals surface area (Å²) in [7, 11) is 1.61. The van der Waals surface area contributed by atoms with Crippen molar-refractivity contribution < 1.29 is 10.0 Å². The van der Waals surface area contributed by atoms with Crippen molar-refractivity contribution in [2.75, 3.05) is 7.05 Å². The van der Waals surface area contributed by atoms with E-state index < -0.39 is 0 Å². The van der Waals surface area contributed by atoms with E-state index in [1.54, 1.807) is 14.0 Å². The molecule has 1 heterocycles.